The second kappa shape index (κ2) is 17.9. The van der Waals surface area contributed by atoms with Gasteiger partial charge in [0.25, 0.3) is 0 Å². The van der Waals surface area contributed by atoms with Gasteiger partial charge in [-0.25, -0.2) is 4.79 Å². The van der Waals surface area contributed by atoms with Gasteiger partial charge in [-0.05, 0) is 178 Å². The van der Waals surface area contributed by atoms with Gasteiger partial charge < -0.3 is 45.5 Å². The van der Waals surface area contributed by atoms with Crippen molar-refractivity contribution in [1.29, 1.82) is 0 Å². The highest BCUT2D eigenvalue weighted by molar-refractivity contribution is 5.86. The predicted octanol–water partition coefficient (Wildman–Crippen LogP) is 7.74. The number of esters is 1. The summed E-state index contributed by atoms with van der Waals surface area (Å²) >= 11 is 0. The molecule has 0 saturated heterocycles. The van der Waals surface area contributed by atoms with Crippen molar-refractivity contribution in [1.82, 2.24) is 5.32 Å². The molecule has 13 aliphatic carbocycles. The number of benzene rings is 2. The van der Waals surface area contributed by atoms with Gasteiger partial charge in [-0.3, -0.25) is 0 Å². The predicted molar refractivity (Wildman–Crippen MR) is 292 cm³/mol. The Balaban J connectivity index is 0.978. The molecule has 2 aromatic carbocycles. The molecule has 24 atom stereocenters. The molecule has 14 aliphatic rings. The van der Waals surface area contributed by atoms with E-state index >= 15 is 15.0 Å². The highest BCUT2D eigenvalue weighted by atomic mass is 16.5. The molecular formula is C68H81NO9. The molecule has 1 aliphatic heterocycles. The summed E-state index contributed by atoms with van der Waals surface area (Å²) < 4.78 is 6.45. The van der Waals surface area contributed by atoms with E-state index < -0.39 is 86.9 Å². The molecule has 9 fully saturated rings. The largest absolute Gasteiger partial charge is 0.454 e. The van der Waals surface area contributed by atoms with Gasteiger partial charge in [-0.1, -0.05) is 98.1 Å². The molecule has 2 aromatic rings. The zero-order valence-electron chi connectivity index (χ0n) is 45.4. The fraction of sp³-hybridized carbons (Fsp3) is 0.676. The fourth-order valence-corrected chi connectivity index (χ4v) is 23.8. The Labute approximate surface area is 460 Å². The van der Waals surface area contributed by atoms with Crippen LogP contribution in [-0.4, -0.2) is 91.1 Å². The first-order valence-electron chi connectivity index (χ1n) is 30.8. The summed E-state index contributed by atoms with van der Waals surface area (Å²) in [4.78, 5) is 29.8. The Kier molecular flexibility index (Phi) is 11.7. The summed E-state index contributed by atoms with van der Waals surface area (Å²) in [7, 11) is 1.93. The summed E-state index contributed by atoms with van der Waals surface area (Å²) in [5, 5.41) is 87.8. The Hall–Kier alpha value is -4.10. The van der Waals surface area contributed by atoms with Gasteiger partial charge in [0, 0.05) is 70.9 Å². The van der Waals surface area contributed by atoms with E-state index in [2.05, 4.69) is 71.5 Å². The van der Waals surface area contributed by atoms with Crippen LogP contribution in [-0.2, 0) is 27.4 Å². The summed E-state index contributed by atoms with van der Waals surface area (Å²) in [5.41, 5.74) is -5.30. The van der Waals surface area contributed by atoms with Crippen molar-refractivity contribution in [2.45, 2.75) is 176 Å². The number of hydrogen-bond donors (Lipinski definition) is 7. The number of carbonyl (C=O) groups is 2. The van der Waals surface area contributed by atoms with Crippen molar-refractivity contribution in [2.75, 3.05) is 7.05 Å². The van der Waals surface area contributed by atoms with E-state index in [1.165, 1.54) is 18.4 Å². The smallest absolute Gasteiger partial charge is 0.331 e. The third-order valence-corrected chi connectivity index (χ3v) is 26.3. The number of allylic oxidation sites excluding steroid dienone is 2. The van der Waals surface area contributed by atoms with E-state index in [-0.39, 0.29) is 85.2 Å². The van der Waals surface area contributed by atoms with E-state index in [4.69, 9.17) is 4.74 Å². The van der Waals surface area contributed by atoms with Gasteiger partial charge >= 0.3 is 5.97 Å². The average molecular weight is 1060 g/mol. The number of likely N-dealkylation sites (N-methyl/N-ethyl adjacent to an activating group) is 1. The van der Waals surface area contributed by atoms with Crippen LogP contribution in [0.2, 0.25) is 0 Å². The number of nitrogens with one attached hydrogen (secondary N) is 1. The first-order chi connectivity index (χ1) is 37.8. The molecule has 0 radical (unpaired) electrons. The topological polar surface area (TPSA) is 177 Å². The van der Waals surface area contributed by atoms with E-state index in [1.54, 1.807) is 6.08 Å². The summed E-state index contributed by atoms with van der Waals surface area (Å²) in [6.45, 7) is -0.144. The van der Waals surface area contributed by atoms with E-state index in [0.29, 0.717) is 57.3 Å². The van der Waals surface area contributed by atoms with Gasteiger partial charge in [-0.2, -0.15) is 0 Å². The molecular weight excluding hydrogens is 975 g/mol. The van der Waals surface area contributed by atoms with Gasteiger partial charge in [0.05, 0.1) is 29.8 Å². The second-order valence-electron chi connectivity index (χ2n) is 28.2. The average Bonchev–Trinajstić information content (AvgIpc) is 1.67. The zero-order chi connectivity index (χ0) is 53.3. The number of hydrogen-bond acceptors (Lipinski definition) is 10. The zero-order valence-corrected chi connectivity index (χ0v) is 45.4. The minimum absolute atomic E-state index is 0.000105. The number of fused-ring (bicyclic) bond motifs is 5. The lowest BCUT2D eigenvalue weighted by atomic mass is 9.31. The van der Waals surface area contributed by atoms with Gasteiger partial charge in [0.2, 0.25) is 0 Å². The number of aliphatic hydroxyl groups excluding tert-OH is 3. The minimum atomic E-state index is -2.36. The maximum atomic E-state index is 15.7. The molecule has 412 valence electrons. The molecule has 7 N–H and O–H groups in total. The molecule has 0 aromatic heterocycles. The van der Waals surface area contributed by atoms with Crippen LogP contribution in [0.3, 0.4) is 0 Å². The third-order valence-electron chi connectivity index (χ3n) is 26.3. The third kappa shape index (κ3) is 6.39. The van der Waals surface area contributed by atoms with Crippen LogP contribution < -0.4 is 5.32 Å². The van der Waals surface area contributed by atoms with E-state index in [0.717, 1.165) is 67.1 Å². The van der Waals surface area contributed by atoms with Crippen LogP contribution in [0.4, 0.5) is 0 Å². The first kappa shape index (κ1) is 50.8. The van der Waals surface area contributed by atoms with Crippen LogP contribution in [0.1, 0.15) is 144 Å². The van der Waals surface area contributed by atoms with Crippen molar-refractivity contribution >= 4 is 12.3 Å². The summed E-state index contributed by atoms with van der Waals surface area (Å²) in [5.74, 6) is 11.1. The van der Waals surface area contributed by atoms with Crippen LogP contribution in [0.25, 0.3) is 0 Å². The number of aldehydes is 1. The Morgan fingerprint density at radius 1 is 0.808 bits per heavy atom. The first-order valence-corrected chi connectivity index (χ1v) is 30.8. The molecule has 0 amide bonds. The standard InChI is InChI=1S/C68H81NO9/c1-69-56-31-49-40(17-9-20-43(49)35-70)16-7-8-26-64-33-42-19-11-22-47-46(39-12-3-2-4-13-39)23-24-53-48(47)25-27-63(53)36-65(37-71)60(42)68(77,66(64,75)34-44-28-51(56)59-52(58(44)64)32-57(72)78-59)62(74)55-30-50-41(29-54(61(63)73)67(55,65)76)18-10-21-45(50)38-14-5-6-15-38/h2-4,9-10,12-13,17-18,20,32,37-38,41-42,44-48,50-51,53-56,58-62,69-70,73-77H,5-6,8,14-15,21-31,33-36H2,1H3. The van der Waals surface area contributed by atoms with Crippen molar-refractivity contribution in [3.63, 3.8) is 0 Å². The normalized spacial score (nSPS) is 50.9. The Morgan fingerprint density at radius 3 is 2.42 bits per heavy atom. The number of ether oxygens (including phenoxy) is 1. The number of rotatable bonds is 5. The maximum absolute atomic E-state index is 15.7. The van der Waals surface area contributed by atoms with E-state index in [1.807, 2.05) is 25.2 Å². The van der Waals surface area contributed by atoms with Gasteiger partial charge in [-0.15, -0.1) is 5.92 Å². The highest BCUT2D eigenvalue weighted by Crippen LogP contribution is 2.81. The Morgan fingerprint density at radius 2 is 1.63 bits per heavy atom. The molecule has 9 bridgehead atoms. The molecule has 78 heavy (non-hydrogen) atoms. The highest BCUT2D eigenvalue weighted by Gasteiger charge is 2.89. The van der Waals surface area contributed by atoms with Crippen molar-refractivity contribution in [3.05, 3.63) is 94.6 Å². The fourth-order valence-electron chi connectivity index (χ4n) is 23.8. The van der Waals surface area contributed by atoms with Crippen molar-refractivity contribution in [2.24, 2.45) is 99.1 Å². The molecule has 1 heterocycles. The molecule has 16 rings (SSSR count). The van der Waals surface area contributed by atoms with E-state index in [9.17, 15) is 25.2 Å². The SMILES string of the molecule is CNC1Cc2c(cccc2CO)C#CCCC23CC4C#CCC5C(c6ccccc6)CCC6C5CCC65CC6(C=O)C4C(O)(C(O)C4CC7C(C=CCC7C7CCCC7)CC(C5O)C46O)C2(O)CC2CC1C1OC(=O)C=C1C23. The lowest BCUT2D eigenvalue weighted by molar-refractivity contribution is -0.391. The Bertz CT molecular complexity index is 2980. The molecule has 10 heteroatoms. The van der Waals surface area contributed by atoms with Gasteiger partial charge in [0.15, 0.2) is 0 Å². The van der Waals surface area contributed by atoms with Crippen molar-refractivity contribution in [3.8, 4) is 23.7 Å². The summed E-state index contributed by atoms with van der Waals surface area (Å²) in [6, 6.07) is 16.5. The van der Waals surface area contributed by atoms with Crippen LogP contribution in [0.15, 0.2) is 72.3 Å². The number of aliphatic hydroxyl groups is 6. The molecule has 9 saturated carbocycles. The lowest BCUT2D eigenvalue weighted by Crippen LogP contribution is -2.87. The van der Waals surface area contributed by atoms with Crippen LogP contribution in [0, 0.1) is 123 Å². The monoisotopic (exact) mass is 1060 g/mol. The van der Waals surface area contributed by atoms with Crippen molar-refractivity contribution < 1.29 is 45.0 Å². The minimum Gasteiger partial charge on any atom is -0.454 e. The van der Waals surface area contributed by atoms with Crippen LogP contribution in [0.5, 0.6) is 0 Å². The van der Waals surface area contributed by atoms with Gasteiger partial charge in [0.1, 0.15) is 23.6 Å². The number of carbonyl (C=O) groups excluding carboxylic acids is 2. The molecule has 10 nitrogen and oxygen atoms in total. The molecule has 2 spiro atoms. The quantitative estimate of drug-likeness (QED) is 0.0679. The second-order valence-corrected chi connectivity index (χ2v) is 28.2. The molecule has 24 unspecified atom stereocenters. The summed E-state index contributed by atoms with van der Waals surface area (Å²) in [6.07, 6.45) is 16.7. The lowest BCUT2D eigenvalue weighted by Gasteiger charge is -2.76. The maximum Gasteiger partial charge on any atom is 0.331 e. The van der Waals surface area contributed by atoms with Crippen LogP contribution >= 0.6 is 0 Å².